The van der Waals surface area contributed by atoms with Gasteiger partial charge in [0.2, 0.25) is 11.8 Å². The molecular formula is C15H27N3O. The zero-order chi connectivity index (χ0) is 13.7. The first kappa shape index (κ1) is 14.5. The van der Waals surface area contributed by atoms with E-state index in [-0.39, 0.29) is 0 Å². The Kier molecular flexibility index (Phi) is 4.97. The van der Waals surface area contributed by atoms with Crippen LogP contribution in [0.25, 0.3) is 0 Å². The summed E-state index contributed by atoms with van der Waals surface area (Å²) in [5.41, 5.74) is 0.294. The summed E-state index contributed by atoms with van der Waals surface area (Å²) in [6.07, 6.45) is 7.04. The van der Waals surface area contributed by atoms with Gasteiger partial charge in [0.25, 0.3) is 0 Å². The molecule has 1 aliphatic carbocycles. The SMILES string of the molecule is CCCNCCc1nnc(C2CCCCC2(C)C)o1. The molecule has 0 radical (unpaired) electrons. The maximum Gasteiger partial charge on any atom is 0.220 e. The van der Waals surface area contributed by atoms with Gasteiger partial charge >= 0.3 is 0 Å². The predicted octanol–water partition coefficient (Wildman–Crippen LogP) is 3.30. The van der Waals surface area contributed by atoms with Crippen LogP contribution >= 0.6 is 0 Å². The fourth-order valence-corrected chi connectivity index (χ4v) is 2.96. The Morgan fingerprint density at radius 1 is 1.26 bits per heavy atom. The molecule has 1 atom stereocenters. The third-order valence-corrected chi connectivity index (χ3v) is 4.23. The van der Waals surface area contributed by atoms with Crippen LogP contribution in [0.5, 0.6) is 0 Å². The van der Waals surface area contributed by atoms with Gasteiger partial charge in [0.05, 0.1) is 0 Å². The van der Waals surface area contributed by atoms with Crippen molar-refractivity contribution in [2.45, 2.75) is 65.2 Å². The van der Waals surface area contributed by atoms with E-state index in [4.69, 9.17) is 4.42 Å². The van der Waals surface area contributed by atoms with Gasteiger partial charge in [0.15, 0.2) is 0 Å². The van der Waals surface area contributed by atoms with Crippen molar-refractivity contribution in [2.24, 2.45) is 5.41 Å². The quantitative estimate of drug-likeness (QED) is 0.802. The van der Waals surface area contributed by atoms with Gasteiger partial charge in [-0.05, 0) is 31.2 Å². The van der Waals surface area contributed by atoms with Crippen molar-refractivity contribution in [3.05, 3.63) is 11.8 Å². The average Bonchev–Trinajstić information content (AvgIpc) is 2.82. The molecule has 1 N–H and O–H groups in total. The molecule has 0 aliphatic heterocycles. The van der Waals surface area contributed by atoms with Crippen LogP contribution in [-0.4, -0.2) is 23.3 Å². The van der Waals surface area contributed by atoms with E-state index in [2.05, 4.69) is 36.3 Å². The van der Waals surface area contributed by atoms with Crippen molar-refractivity contribution in [3.63, 3.8) is 0 Å². The Labute approximate surface area is 116 Å². The zero-order valence-corrected chi connectivity index (χ0v) is 12.5. The van der Waals surface area contributed by atoms with Gasteiger partial charge in [-0.25, -0.2) is 0 Å². The topological polar surface area (TPSA) is 51.0 Å². The van der Waals surface area contributed by atoms with Gasteiger partial charge in [-0.15, -0.1) is 10.2 Å². The second-order valence-corrected chi connectivity index (χ2v) is 6.32. The maximum absolute atomic E-state index is 5.88. The highest BCUT2D eigenvalue weighted by Crippen LogP contribution is 2.46. The smallest absolute Gasteiger partial charge is 0.220 e. The van der Waals surface area contributed by atoms with Crippen molar-refractivity contribution in [2.75, 3.05) is 13.1 Å². The van der Waals surface area contributed by atoms with E-state index in [1.165, 1.54) is 25.7 Å². The third-order valence-electron chi connectivity index (χ3n) is 4.23. The van der Waals surface area contributed by atoms with Gasteiger partial charge < -0.3 is 9.73 Å². The average molecular weight is 265 g/mol. The number of hydrogen-bond donors (Lipinski definition) is 1. The van der Waals surface area contributed by atoms with Gasteiger partial charge in [-0.2, -0.15) is 0 Å². The van der Waals surface area contributed by atoms with E-state index < -0.39 is 0 Å². The number of hydrogen-bond acceptors (Lipinski definition) is 4. The molecule has 4 heteroatoms. The van der Waals surface area contributed by atoms with Gasteiger partial charge in [-0.3, -0.25) is 0 Å². The molecule has 108 valence electrons. The fourth-order valence-electron chi connectivity index (χ4n) is 2.96. The molecule has 4 nitrogen and oxygen atoms in total. The molecule has 1 aliphatic rings. The molecule has 2 rings (SSSR count). The molecule has 1 heterocycles. The molecule has 0 amide bonds. The van der Waals surface area contributed by atoms with Gasteiger partial charge in [0, 0.05) is 18.9 Å². The minimum Gasteiger partial charge on any atom is -0.425 e. The Balaban J connectivity index is 1.92. The number of aromatic nitrogens is 2. The van der Waals surface area contributed by atoms with Crippen LogP contribution in [-0.2, 0) is 6.42 Å². The summed E-state index contributed by atoms with van der Waals surface area (Å²) < 4.78 is 5.88. The standard InChI is InChI=1S/C15H27N3O/c1-4-10-16-11-8-13-17-18-14(19-13)12-7-5-6-9-15(12,2)3/h12,16H,4-11H2,1-3H3. The Morgan fingerprint density at radius 2 is 2.11 bits per heavy atom. The summed E-state index contributed by atoms with van der Waals surface area (Å²) in [5.74, 6) is 2.07. The summed E-state index contributed by atoms with van der Waals surface area (Å²) in [6.45, 7) is 8.79. The van der Waals surface area contributed by atoms with Crippen LogP contribution in [0.1, 0.15) is 70.6 Å². The highest BCUT2D eigenvalue weighted by molar-refractivity contribution is 5.01. The van der Waals surface area contributed by atoms with Gasteiger partial charge in [-0.1, -0.05) is 33.6 Å². The molecule has 1 unspecified atom stereocenters. The Hall–Kier alpha value is -0.900. The number of nitrogens with one attached hydrogen (secondary N) is 1. The number of rotatable bonds is 6. The molecule has 1 fully saturated rings. The molecule has 0 spiro atoms. The molecule has 0 saturated heterocycles. The molecule has 19 heavy (non-hydrogen) atoms. The summed E-state index contributed by atoms with van der Waals surface area (Å²) >= 11 is 0. The van der Waals surface area contributed by atoms with Crippen LogP contribution in [0.4, 0.5) is 0 Å². The van der Waals surface area contributed by atoms with Crippen LogP contribution in [0.3, 0.4) is 0 Å². The van der Waals surface area contributed by atoms with Crippen molar-refractivity contribution < 1.29 is 4.42 Å². The van der Waals surface area contributed by atoms with Crippen LogP contribution in [0.15, 0.2) is 4.42 Å². The van der Waals surface area contributed by atoms with E-state index in [1.54, 1.807) is 0 Å². The summed E-state index contributed by atoms with van der Waals surface area (Å²) in [4.78, 5) is 0. The van der Waals surface area contributed by atoms with Crippen LogP contribution in [0, 0.1) is 5.41 Å². The van der Waals surface area contributed by atoms with E-state index in [0.29, 0.717) is 11.3 Å². The lowest BCUT2D eigenvalue weighted by Gasteiger charge is -2.36. The number of nitrogens with zero attached hydrogens (tertiary/aromatic N) is 2. The third kappa shape index (κ3) is 3.78. The van der Waals surface area contributed by atoms with Crippen LogP contribution in [0.2, 0.25) is 0 Å². The lowest BCUT2D eigenvalue weighted by molar-refractivity contribution is 0.171. The van der Waals surface area contributed by atoms with Crippen LogP contribution < -0.4 is 5.32 Å². The maximum atomic E-state index is 5.88. The first-order valence-electron chi connectivity index (χ1n) is 7.66. The lowest BCUT2D eigenvalue weighted by Crippen LogP contribution is -2.26. The molecule has 1 saturated carbocycles. The van der Waals surface area contributed by atoms with Crippen molar-refractivity contribution in [1.29, 1.82) is 0 Å². The monoisotopic (exact) mass is 265 g/mol. The normalized spacial score (nSPS) is 22.6. The summed E-state index contributed by atoms with van der Waals surface area (Å²) in [6, 6.07) is 0. The second-order valence-electron chi connectivity index (χ2n) is 6.32. The van der Waals surface area contributed by atoms with E-state index in [1.807, 2.05) is 0 Å². The first-order chi connectivity index (χ1) is 9.13. The minimum atomic E-state index is 0.294. The highest BCUT2D eigenvalue weighted by atomic mass is 16.4. The van der Waals surface area contributed by atoms with E-state index in [0.717, 1.165) is 37.7 Å². The Morgan fingerprint density at radius 3 is 2.84 bits per heavy atom. The molecule has 1 aromatic heterocycles. The van der Waals surface area contributed by atoms with Gasteiger partial charge in [0.1, 0.15) is 0 Å². The van der Waals surface area contributed by atoms with E-state index in [9.17, 15) is 0 Å². The second kappa shape index (κ2) is 6.51. The highest BCUT2D eigenvalue weighted by Gasteiger charge is 2.36. The van der Waals surface area contributed by atoms with Crippen molar-refractivity contribution in [3.8, 4) is 0 Å². The summed E-state index contributed by atoms with van der Waals surface area (Å²) in [7, 11) is 0. The molecule has 0 bridgehead atoms. The lowest BCUT2D eigenvalue weighted by atomic mass is 9.69. The van der Waals surface area contributed by atoms with E-state index >= 15 is 0 Å². The summed E-state index contributed by atoms with van der Waals surface area (Å²) in [5, 5.41) is 11.8. The molecule has 0 aromatic carbocycles. The molecular weight excluding hydrogens is 238 g/mol. The largest absolute Gasteiger partial charge is 0.425 e. The van der Waals surface area contributed by atoms with Crippen molar-refractivity contribution >= 4 is 0 Å². The minimum absolute atomic E-state index is 0.294. The predicted molar refractivity (Wildman–Crippen MR) is 76.2 cm³/mol. The first-order valence-corrected chi connectivity index (χ1v) is 7.66. The fraction of sp³-hybridized carbons (Fsp3) is 0.867. The van der Waals surface area contributed by atoms with Crippen molar-refractivity contribution in [1.82, 2.24) is 15.5 Å². The molecule has 1 aromatic rings. The zero-order valence-electron chi connectivity index (χ0n) is 12.5. The Bertz CT molecular complexity index is 386.